The molecule has 0 aliphatic carbocycles. The van der Waals surface area contributed by atoms with Gasteiger partial charge >= 0.3 is 29.8 Å². The quantitative estimate of drug-likeness (QED) is 0.290. The molecule has 14 nitrogen and oxygen atoms in total. The second-order valence-electron chi connectivity index (χ2n) is 7.43. The molecule has 2 heterocycles. The van der Waals surface area contributed by atoms with E-state index in [0.717, 1.165) is 45.4 Å². The van der Waals surface area contributed by atoms with E-state index in [2.05, 4.69) is 4.74 Å². The highest BCUT2D eigenvalue weighted by Crippen LogP contribution is 2.47. The molecule has 2 aliphatic rings. The second kappa shape index (κ2) is 10.2. The smallest absolute Gasteiger partial charge is 0.356 e. The van der Waals surface area contributed by atoms with Crippen LogP contribution in [0.5, 0.6) is 0 Å². The van der Waals surface area contributed by atoms with Crippen LogP contribution in [0, 0.1) is 0 Å². The SMILES string of the molecule is COC(=O)C[C@]1(C(=O)OC)C(C(=O)OC)=C(C(=O)OC)N2CC(=O)[C@@H]([C@@H](O)[C@H](C)OC(C)=O)N21. The first kappa shape index (κ1) is 26.7. The average molecular weight is 486 g/mol. The van der Waals surface area contributed by atoms with Gasteiger partial charge in [0, 0.05) is 6.92 Å². The minimum absolute atomic E-state index is 0.563. The van der Waals surface area contributed by atoms with Gasteiger partial charge in [0.05, 0.1) is 41.4 Å². The zero-order valence-corrected chi connectivity index (χ0v) is 19.5. The van der Waals surface area contributed by atoms with Crippen LogP contribution in [0.4, 0.5) is 0 Å². The minimum atomic E-state index is -2.47. The standard InChI is InChI=1S/C20H26N2O12/c1-9(34-10(2)23)16(26)14-11(24)8-21-15(18(28)32-5)13(17(27)31-4)20(22(14)21,19(29)33-6)7-12(25)30-3/h9,14,16,26H,7-8H2,1-6H3/t9-,14-,16-,20+/m0/s1. The number of hydrazine groups is 1. The Labute approximate surface area is 194 Å². The number of aliphatic hydroxyl groups excluding tert-OH is 1. The Balaban J connectivity index is 2.88. The fraction of sp³-hybridized carbons (Fsp3) is 0.600. The molecule has 14 heteroatoms. The number of fused-ring (bicyclic) bond motifs is 1. The molecule has 0 amide bonds. The predicted octanol–water partition coefficient (Wildman–Crippen LogP) is -2.14. The fourth-order valence-corrected chi connectivity index (χ4v) is 4.16. The van der Waals surface area contributed by atoms with E-state index in [1.165, 1.54) is 6.92 Å². The second-order valence-corrected chi connectivity index (χ2v) is 7.43. The van der Waals surface area contributed by atoms with Crippen LogP contribution in [-0.2, 0) is 52.5 Å². The molecule has 2 rings (SSSR count). The highest BCUT2D eigenvalue weighted by Gasteiger charge is 2.69. The van der Waals surface area contributed by atoms with Crippen molar-refractivity contribution in [3.63, 3.8) is 0 Å². The summed E-state index contributed by atoms with van der Waals surface area (Å²) in [7, 11) is 3.96. The molecular weight excluding hydrogens is 460 g/mol. The van der Waals surface area contributed by atoms with Gasteiger partial charge in [-0.1, -0.05) is 0 Å². The maximum atomic E-state index is 13.3. The fourth-order valence-electron chi connectivity index (χ4n) is 4.16. The van der Waals surface area contributed by atoms with Crippen molar-refractivity contribution in [1.29, 1.82) is 0 Å². The van der Waals surface area contributed by atoms with Gasteiger partial charge in [0.1, 0.15) is 23.8 Å². The van der Waals surface area contributed by atoms with E-state index in [0.29, 0.717) is 0 Å². The van der Waals surface area contributed by atoms with E-state index >= 15 is 0 Å². The van der Waals surface area contributed by atoms with Crippen molar-refractivity contribution in [2.45, 2.75) is 44.1 Å². The molecule has 4 atom stereocenters. The zero-order valence-electron chi connectivity index (χ0n) is 19.5. The van der Waals surface area contributed by atoms with E-state index in [9.17, 15) is 33.9 Å². The van der Waals surface area contributed by atoms with E-state index in [-0.39, 0.29) is 0 Å². The van der Waals surface area contributed by atoms with Gasteiger partial charge in [-0.2, -0.15) is 5.01 Å². The van der Waals surface area contributed by atoms with Crippen LogP contribution in [0.1, 0.15) is 20.3 Å². The molecule has 0 saturated carbocycles. The number of nitrogens with zero attached hydrogens (tertiary/aromatic N) is 2. The van der Waals surface area contributed by atoms with Crippen LogP contribution in [0.25, 0.3) is 0 Å². The predicted molar refractivity (Wildman–Crippen MR) is 107 cm³/mol. The highest BCUT2D eigenvalue weighted by atomic mass is 16.6. The summed E-state index contributed by atoms with van der Waals surface area (Å²) in [5.41, 5.74) is -3.68. The van der Waals surface area contributed by atoms with Gasteiger partial charge in [0.25, 0.3) is 0 Å². The Morgan fingerprint density at radius 2 is 1.62 bits per heavy atom. The lowest BCUT2D eigenvalue weighted by Crippen LogP contribution is -2.64. The summed E-state index contributed by atoms with van der Waals surface area (Å²) in [6.07, 6.45) is -3.92. The summed E-state index contributed by atoms with van der Waals surface area (Å²) in [6, 6.07) is -1.65. The number of rotatable bonds is 8. The first-order chi connectivity index (χ1) is 15.9. The van der Waals surface area contributed by atoms with Crippen LogP contribution in [0.3, 0.4) is 0 Å². The van der Waals surface area contributed by atoms with Crippen LogP contribution in [0.15, 0.2) is 11.3 Å². The number of carbonyl (C=O) groups excluding carboxylic acids is 6. The summed E-state index contributed by atoms with van der Waals surface area (Å²) in [4.78, 5) is 75.8. The van der Waals surface area contributed by atoms with Crippen molar-refractivity contribution < 1.29 is 57.6 Å². The number of hydrogen-bond acceptors (Lipinski definition) is 14. The maximum Gasteiger partial charge on any atom is 0.356 e. The number of ether oxygens (including phenoxy) is 5. The third-order valence-corrected chi connectivity index (χ3v) is 5.53. The summed E-state index contributed by atoms with van der Waals surface area (Å²) in [6.45, 7) is 1.79. The molecule has 0 radical (unpaired) electrons. The molecule has 0 aromatic carbocycles. The third-order valence-electron chi connectivity index (χ3n) is 5.53. The average Bonchev–Trinajstić information content (AvgIpc) is 3.27. The van der Waals surface area contributed by atoms with Gasteiger partial charge in [0.2, 0.25) is 0 Å². The van der Waals surface area contributed by atoms with Gasteiger partial charge in [-0.25, -0.2) is 14.4 Å². The van der Waals surface area contributed by atoms with Crippen molar-refractivity contribution in [3.8, 4) is 0 Å². The summed E-state index contributed by atoms with van der Waals surface area (Å²) in [5, 5.41) is 12.8. The number of methoxy groups -OCH3 is 4. The summed E-state index contributed by atoms with van der Waals surface area (Å²) in [5.74, 6) is -6.04. The number of carbonyl (C=O) groups is 6. The molecule has 0 aromatic heterocycles. The molecule has 2 aliphatic heterocycles. The van der Waals surface area contributed by atoms with Crippen molar-refractivity contribution in [3.05, 3.63) is 11.3 Å². The van der Waals surface area contributed by atoms with Crippen LogP contribution in [-0.4, -0.2) is 110 Å². The van der Waals surface area contributed by atoms with Gasteiger partial charge < -0.3 is 28.8 Å². The molecular formula is C20H26N2O12. The third kappa shape index (κ3) is 4.21. The van der Waals surface area contributed by atoms with E-state index in [1.54, 1.807) is 0 Å². The largest absolute Gasteiger partial charge is 0.469 e. The topological polar surface area (TPSA) is 175 Å². The Morgan fingerprint density at radius 3 is 2.09 bits per heavy atom. The molecule has 1 fully saturated rings. The summed E-state index contributed by atoms with van der Waals surface area (Å²) >= 11 is 0. The van der Waals surface area contributed by atoms with Crippen molar-refractivity contribution in [1.82, 2.24) is 10.0 Å². The molecule has 0 spiro atoms. The van der Waals surface area contributed by atoms with Crippen molar-refractivity contribution in [2.75, 3.05) is 35.0 Å². The monoisotopic (exact) mass is 486 g/mol. The van der Waals surface area contributed by atoms with Crippen molar-refractivity contribution in [2.24, 2.45) is 0 Å². The number of ketones is 1. The first-order valence-electron chi connectivity index (χ1n) is 9.94. The Bertz CT molecular complexity index is 944. The molecule has 188 valence electrons. The van der Waals surface area contributed by atoms with Gasteiger partial charge in [-0.05, 0) is 6.92 Å². The van der Waals surface area contributed by atoms with Crippen LogP contribution in [0.2, 0.25) is 0 Å². The molecule has 1 N–H and O–H groups in total. The Morgan fingerprint density at radius 1 is 1.03 bits per heavy atom. The normalized spacial score (nSPS) is 23.7. The summed E-state index contributed by atoms with van der Waals surface area (Å²) < 4.78 is 24.1. The van der Waals surface area contributed by atoms with Gasteiger partial charge in [-0.3, -0.25) is 19.4 Å². The van der Waals surface area contributed by atoms with E-state index in [4.69, 9.17) is 18.9 Å². The lowest BCUT2D eigenvalue weighted by atomic mass is 9.83. The number of aliphatic hydroxyl groups is 1. The lowest BCUT2D eigenvalue weighted by molar-refractivity contribution is -0.177. The number of esters is 5. The van der Waals surface area contributed by atoms with Crippen molar-refractivity contribution >= 4 is 35.6 Å². The van der Waals surface area contributed by atoms with Crippen LogP contribution < -0.4 is 0 Å². The van der Waals surface area contributed by atoms with Crippen LogP contribution >= 0.6 is 0 Å². The van der Waals surface area contributed by atoms with E-state index < -0.39 is 83.7 Å². The highest BCUT2D eigenvalue weighted by molar-refractivity contribution is 6.11. The first-order valence-corrected chi connectivity index (χ1v) is 9.94. The molecule has 34 heavy (non-hydrogen) atoms. The Kier molecular flexibility index (Phi) is 8.00. The molecule has 0 bridgehead atoms. The molecule has 1 saturated heterocycles. The van der Waals surface area contributed by atoms with Gasteiger partial charge in [0.15, 0.2) is 17.0 Å². The Hall–Kier alpha value is -3.52. The van der Waals surface area contributed by atoms with E-state index in [1.807, 2.05) is 0 Å². The van der Waals surface area contributed by atoms with Gasteiger partial charge in [-0.15, -0.1) is 0 Å². The number of hydrogen-bond donors (Lipinski definition) is 1. The lowest BCUT2D eigenvalue weighted by Gasteiger charge is -2.41. The minimum Gasteiger partial charge on any atom is -0.469 e. The number of Topliss-reactive ketones (excluding diaryl/α,β-unsaturated/α-hetero) is 1. The molecule has 0 aromatic rings. The maximum absolute atomic E-state index is 13.3. The zero-order chi connectivity index (χ0) is 26.0. The molecule has 0 unspecified atom stereocenters.